The monoisotopic (exact) mass is 351 g/mol. The molecule has 0 aliphatic carbocycles. The third-order valence-electron chi connectivity index (χ3n) is 4.03. The summed E-state index contributed by atoms with van der Waals surface area (Å²) in [5, 5.41) is 5.98. The zero-order valence-electron chi connectivity index (χ0n) is 14.3. The highest BCUT2D eigenvalue weighted by molar-refractivity contribution is 5.89. The zero-order valence-corrected chi connectivity index (χ0v) is 14.3. The number of nitrogens with one attached hydrogen (secondary N) is 2. The van der Waals surface area contributed by atoms with Crippen molar-refractivity contribution in [1.82, 2.24) is 4.98 Å². The average Bonchev–Trinajstić information content (AvgIpc) is 2.70. The molecule has 0 aliphatic heterocycles. The van der Waals surface area contributed by atoms with Gasteiger partial charge in [-0.15, -0.1) is 0 Å². The van der Waals surface area contributed by atoms with Crippen LogP contribution in [0.3, 0.4) is 0 Å². The molecule has 2 N–H and O–H groups in total. The molecule has 7 heteroatoms. The number of hydrogen-bond donors (Lipinski definition) is 2. The Morgan fingerprint density at radius 2 is 1.77 bits per heavy atom. The van der Waals surface area contributed by atoms with Gasteiger partial charge in [-0.2, -0.15) is 0 Å². The molecule has 1 heterocycles. The molecule has 1 aromatic heterocycles. The lowest BCUT2D eigenvalue weighted by atomic mass is 10.0. The number of rotatable bonds is 6. The average molecular weight is 351 g/mol. The van der Waals surface area contributed by atoms with E-state index in [-0.39, 0.29) is 17.4 Å². The Morgan fingerprint density at radius 1 is 1.08 bits per heavy atom. The second-order valence-corrected chi connectivity index (χ2v) is 5.75. The van der Waals surface area contributed by atoms with Gasteiger partial charge in [-0.1, -0.05) is 12.1 Å². The Hall–Kier alpha value is -3.48. The highest BCUT2D eigenvalue weighted by Crippen LogP contribution is 2.25. The van der Waals surface area contributed by atoms with E-state index >= 15 is 0 Å². The van der Waals surface area contributed by atoms with Crippen LogP contribution in [-0.2, 0) is 4.74 Å². The molecular formula is C19H17N3O4. The van der Waals surface area contributed by atoms with Crippen molar-refractivity contribution in [3.63, 3.8) is 0 Å². The van der Waals surface area contributed by atoms with Gasteiger partial charge in [0.25, 0.3) is 10.9 Å². The van der Waals surface area contributed by atoms with Gasteiger partial charge in [0.1, 0.15) is 11.4 Å². The van der Waals surface area contributed by atoms with Crippen LogP contribution in [0.25, 0.3) is 0 Å². The molecule has 0 aliphatic rings. The van der Waals surface area contributed by atoms with Crippen molar-refractivity contribution in [3.8, 4) is 0 Å². The molecule has 1 unspecified atom stereocenters. The minimum absolute atomic E-state index is 0.220. The van der Waals surface area contributed by atoms with Crippen molar-refractivity contribution < 1.29 is 9.53 Å². The highest BCUT2D eigenvalue weighted by atomic mass is 16.5. The Morgan fingerprint density at radius 3 is 2.46 bits per heavy atom. The fourth-order valence-electron chi connectivity index (χ4n) is 2.58. The van der Waals surface area contributed by atoms with E-state index in [0.29, 0.717) is 11.3 Å². The standard InChI is InChI=1S/C19H17N3O4/c1-11(12-4-3-5-13(10-12)19(25)26-2)21-15-16(18(24)17(15)23)22-14-6-8-20-9-7-14/h3-11,21H,1-2H3,(H,20,22). The number of nitrogens with zero attached hydrogens (tertiary/aromatic N) is 1. The summed E-state index contributed by atoms with van der Waals surface area (Å²) >= 11 is 0. The van der Waals surface area contributed by atoms with Crippen LogP contribution in [0.5, 0.6) is 0 Å². The van der Waals surface area contributed by atoms with Crippen LogP contribution in [0, 0.1) is 0 Å². The first-order valence-electron chi connectivity index (χ1n) is 7.96. The minimum Gasteiger partial charge on any atom is -0.465 e. The number of ether oxygens (including phenoxy) is 1. The van der Waals surface area contributed by atoms with Gasteiger partial charge in [0.2, 0.25) is 0 Å². The van der Waals surface area contributed by atoms with Crippen LogP contribution in [0.2, 0.25) is 0 Å². The van der Waals surface area contributed by atoms with E-state index < -0.39 is 16.8 Å². The fraction of sp³-hybridized carbons (Fsp3) is 0.158. The number of benzene rings is 1. The molecule has 2 aromatic carbocycles. The number of carbonyl (C=O) groups excluding carboxylic acids is 1. The lowest BCUT2D eigenvalue weighted by Crippen LogP contribution is -2.37. The first-order chi connectivity index (χ1) is 12.5. The smallest absolute Gasteiger partial charge is 0.337 e. The van der Waals surface area contributed by atoms with Gasteiger partial charge in [0.05, 0.1) is 12.7 Å². The van der Waals surface area contributed by atoms with E-state index in [0.717, 1.165) is 5.56 Å². The molecule has 0 saturated carbocycles. The SMILES string of the molecule is COC(=O)c1cccc(C(C)Nc2c(Nc3ccncc3)c(=O)c2=O)c1. The quantitative estimate of drug-likeness (QED) is 0.520. The zero-order chi connectivity index (χ0) is 18.7. The Kier molecular flexibility index (Phi) is 4.79. The summed E-state index contributed by atoms with van der Waals surface area (Å²) < 4.78 is 4.72. The fourth-order valence-corrected chi connectivity index (χ4v) is 2.58. The van der Waals surface area contributed by atoms with Crippen molar-refractivity contribution in [3.05, 3.63) is 80.4 Å². The van der Waals surface area contributed by atoms with E-state index in [4.69, 9.17) is 4.74 Å². The summed E-state index contributed by atoms with van der Waals surface area (Å²) in [7, 11) is 1.32. The van der Waals surface area contributed by atoms with Crippen molar-refractivity contribution in [2.45, 2.75) is 13.0 Å². The van der Waals surface area contributed by atoms with Crippen LogP contribution >= 0.6 is 0 Å². The molecular weight excluding hydrogens is 334 g/mol. The van der Waals surface area contributed by atoms with E-state index in [2.05, 4.69) is 15.6 Å². The molecule has 0 spiro atoms. The summed E-state index contributed by atoms with van der Waals surface area (Å²) in [6.45, 7) is 1.84. The molecule has 132 valence electrons. The number of pyridine rings is 1. The number of esters is 1. The molecule has 3 aromatic rings. The minimum atomic E-state index is -0.572. The van der Waals surface area contributed by atoms with Gasteiger partial charge in [-0.05, 0) is 36.8 Å². The largest absolute Gasteiger partial charge is 0.465 e. The number of hydrogen-bond acceptors (Lipinski definition) is 7. The van der Waals surface area contributed by atoms with Gasteiger partial charge in [-0.25, -0.2) is 4.79 Å². The molecule has 3 rings (SSSR count). The van der Waals surface area contributed by atoms with Crippen LogP contribution in [0.15, 0.2) is 58.4 Å². The lowest BCUT2D eigenvalue weighted by Gasteiger charge is -2.20. The Bertz CT molecular complexity index is 1010. The predicted molar refractivity (Wildman–Crippen MR) is 98.7 cm³/mol. The van der Waals surface area contributed by atoms with Gasteiger partial charge in [-0.3, -0.25) is 14.6 Å². The summed E-state index contributed by atoms with van der Waals surface area (Å²) in [5.74, 6) is -0.437. The van der Waals surface area contributed by atoms with Crippen LogP contribution in [-0.4, -0.2) is 18.1 Å². The van der Waals surface area contributed by atoms with Crippen molar-refractivity contribution in [1.29, 1.82) is 0 Å². The highest BCUT2D eigenvalue weighted by Gasteiger charge is 2.23. The van der Waals surface area contributed by atoms with E-state index in [1.165, 1.54) is 7.11 Å². The van der Waals surface area contributed by atoms with Crippen molar-refractivity contribution in [2.75, 3.05) is 17.7 Å². The van der Waals surface area contributed by atoms with E-state index in [1.807, 2.05) is 13.0 Å². The third kappa shape index (κ3) is 3.32. The first-order valence-corrected chi connectivity index (χ1v) is 7.96. The summed E-state index contributed by atoms with van der Waals surface area (Å²) in [6, 6.07) is 10.00. The Labute approximate surface area is 149 Å². The maximum Gasteiger partial charge on any atom is 0.337 e. The van der Waals surface area contributed by atoms with Gasteiger partial charge in [0.15, 0.2) is 0 Å². The van der Waals surface area contributed by atoms with Gasteiger partial charge < -0.3 is 15.4 Å². The second kappa shape index (κ2) is 7.18. The van der Waals surface area contributed by atoms with E-state index in [9.17, 15) is 14.4 Å². The predicted octanol–water partition coefficient (Wildman–Crippen LogP) is 2.38. The van der Waals surface area contributed by atoms with Crippen molar-refractivity contribution >= 4 is 23.0 Å². The summed E-state index contributed by atoms with van der Waals surface area (Å²) in [5.41, 5.74) is 1.17. The Balaban J connectivity index is 1.81. The van der Waals surface area contributed by atoms with Crippen molar-refractivity contribution in [2.24, 2.45) is 0 Å². The number of methoxy groups -OCH3 is 1. The van der Waals surface area contributed by atoms with Crippen LogP contribution < -0.4 is 21.5 Å². The van der Waals surface area contributed by atoms with Crippen LogP contribution in [0.4, 0.5) is 17.1 Å². The summed E-state index contributed by atoms with van der Waals surface area (Å²) in [6.07, 6.45) is 3.17. The molecule has 0 saturated heterocycles. The van der Waals surface area contributed by atoms with Gasteiger partial charge >= 0.3 is 5.97 Å². The van der Waals surface area contributed by atoms with E-state index in [1.54, 1.807) is 42.7 Å². The maximum absolute atomic E-state index is 12.0. The number of aromatic nitrogens is 1. The topological polar surface area (TPSA) is 97.4 Å². The summed E-state index contributed by atoms with van der Waals surface area (Å²) in [4.78, 5) is 39.4. The lowest BCUT2D eigenvalue weighted by molar-refractivity contribution is 0.0600. The molecule has 26 heavy (non-hydrogen) atoms. The molecule has 1 atom stereocenters. The molecule has 0 fully saturated rings. The van der Waals surface area contributed by atoms with Crippen LogP contribution in [0.1, 0.15) is 28.9 Å². The number of carbonyl (C=O) groups is 1. The first kappa shape index (κ1) is 17.3. The molecule has 0 radical (unpaired) electrons. The normalized spacial score (nSPS) is 11.8. The molecule has 0 bridgehead atoms. The van der Waals surface area contributed by atoms with Gasteiger partial charge in [0, 0.05) is 24.1 Å². The third-order valence-corrected chi connectivity index (χ3v) is 4.03. The second-order valence-electron chi connectivity index (χ2n) is 5.75. The molecule has 7 nitrogen and oxygen atoms in total. The molecule has 0 amide bonds. The maximum atomic E-state index is 12.0. The number of anilines is 3.